The number of halogens is 1. The Morgan fingerprint density at radius 1 is 0.963 bits per heavy atom. The molecule has 0 unspecified atom stereocenters. The number of fused-ring (bicyclic) bond motifs is 7. The lowest BCUT2D eigenvalue weighted by Crippen LogP contribution is -2.66. The standard InChI is InChI=1S/C42H57ClN4O7/c1-22(2)30-25(48)18-42(32(50)34-46-47-35(54-34)33-44-20-23(43)21-45-33)17-16-40(8)24(31(30)42)10-11-27-39(7)14-13-28(53-29(49)19-37(3,4)36(51)52)38(5,6)26(39)12-15-41(27,40)9/h20-22,24,26-28,32,50H,10-19H2,1-9H3,(H,51,52)/t24-,26+,27-,28+,32+,39+,40-,41-,42-/m1/s1. The number of carbonyl (C=O) groups excluding carboxylic acids is 2. The third-order valence-corrected chi connectivity index (χ3v) is 16.1. The fourth-order valence-electron chi connectivity index (χ4n) is 12.9. The van der Waals surface area contributed by atoms with E-state index in [1.807, 2.05) is 0 Å². The molecule has 12 heteroatoms. The van der Waals surface area contributed by atoms with Crippen molar-refractivity contribution >= 4 is 29.3 Å². The summed E-state index contributed by atoms with van der Waals surface area (Å²) in [5, 5.41) is 30.8. The average molecular weight is 765 g/mol. The Balaban J connectivity index is 1.19. The molecular weight excluding hydrogens is 708 g/mol. The molecule has 0 aromatic carbocycles. The molecular formula is C42H57ClN4O7. The molecule has 11 nitrogen and oxygen atoms in total. The van der Waals surface area contributed by atoms with Crippen LogP contribution in [0.2, 0.25) is 5.02 Å². The molecule has 5 aliphatic carbocycles. The van der Waals surface area contributed by atoms with Crippen molar-refractivity contribution in [1.29, 1.82) is 0 Å². The molecule has 54 heavy (non-hydrogen) atoms. The summed E-state index contributed by atoms with van der Waals surface area (Å²) in [7, 11) is 0. The highest BCUT2D eigenvalue weighted by atomic mass is 35.5. The summed E-state index contributed by atoms with van der Waals surface area (Å²) < 4.78 is 12.2. The van der Waals surface area contributed by atoms with Crippen LogP contribution in [0.4, 0.5) is 0 Å². The summed E-state index contributed by atoms with van der Waals surface area (Å²) in [6.07, 6.45) is 8.62. The minimum absolute atomic E-state index is 0.00304. The first kappa shape index (κ1) is 39.1. The summed E-state index contributed by atoms with van der Waals surface area (Å²) in [4.78, 5) is 47.4. The molecule has 0 radical (unpaired) electrons. The summed E-state index contributed by atoms with van der Waals surface area (Å²) in [5.41, 5.74) is -0.490. The number of aliphatic hydroxyl groups is 1. The van der Waals surface area contributed by atoms with Gasteiger partial charge in [0.15, 0.2) is 5.78 Å². The molecule has 294 valence electrons. The maximum atomic E-state index is 14.1. The SMILES string of the molecule is CC(C)C1=C2[C@H]3CC[C@@H]4[C@@]5(C)CC[C@H](OC(=O)CC(C)(C)C(=O)O)C(C)(C)[C@@H]5CC[C@@]4(C)[C@]3(C)CC[C@@]2([C@@H](O)c2nnc(-c3ncc(Cl)cn3)o2)CC1=O. The molecule has 0 amide bonds. The van der Waals surface area contributed by atoms with Crippen LogP contribution >= 0.6 is 11.6 Å². The van der Waals surface area contributed by atoms with Crippen molar-refractivity contribution in [3.8, 4) is 11.7 Å². The van der Waals surface area contributed by atoms with Gasteiger partial charge in [0, 0.05) is 29.6 Å². The van der Waals surface area contributed by atoms with Crippen LogP contribution in [0.5, 0.6) is 0 Å². The number of nitrogens with zero attached hydrogens (tertiary/aromatic N) is 4. The van der Waals surface area contributed by atoms with E-state index in [4.69, 9.17) is 20.8 Å². The molecule has 2 N–H and O–H groups in total. The second-order valence-corrected chi connectivity index (χ2v) is 20.1. The van der Waals surface area contributed by atoms with Crippen molar-refractivity contribution in [2.45, 2.75) is 139 Å². The minimum Gasteiger partial charge on any atom is -0.481 e. The van der Waals surface area contributed by atoms with Crippen LogP contribution < -0.4 is 0 Å². The number of rotatable bonds is 8. The van der Waals surface area contributed by atoms with Gasteiger partial charge in [-0.3, -0.25) is 14.4 Å². The van der Waals surface area contributed by atoms with Crippen molar-refractivity contribution in [3.05, 3.63) is 34.5 Å². The van der Waals surface area contributed by atoms with Crippen molar-refractivity contribution in [2.24, 2.45) is 56.2 Å². The Labute approximate surface area is 323 Å². The van der Waals surface area contributed by atoms with Gasteiger partial charge < -0.3 is 19.4 Å². The minimum atomic E-state index is -1.19. The predicted molar refractivity (Wildman–Crippen MR) is 201 cm³/mol. The molecule has 0 spiro atoms. The van der Waals surface area contributed by atoms with Crippen LogP contribution in [-0.2, 0) is 19.1 Å². The summed E-state index contributed by atoms with van der Waals surface area (Å²) in [5.74, 6) is -0.120. The van der Waals surface area contributed by atoms with Crippen LogP contribution in [0.25, 0.3) is 11.7 Å². The van der Waals surface area contributed by atoms with Gasteiger partial charge in [0.1, 0.15) is 12.2 Å². The topological polar surface area (TPSA) is 166 Å². The lowest BCUT2D eigenvalue weighted by Gasteiger charge is -2.72. The highest BCUT2D eigenvalue weighted by Crippen LogP contribution is 2.77. The predicted octanol–water partition coefficient (Wildman–Crippen LogP) is 8.61. The first-order valence-corrected chi connectivity index (χ1v) is 20.2. The monoisotopic (exact) mass is 764 g/mol. The van der Waals surface area contributed by atoms with Gasteiger partial charge in [-0.1, -0.05) is 60.1 Å². The maximum Gasteiger partial charge on any atom is 0.309 e. The van der Waals surface area contributed by atoms with Crippen molar-refractivity contribution in [2.75, 3.05) is 0 Å². The molecule has 4 fully saturated rings. The fraction of sp³-hybridized carbons (Fsp3) is 0.738. The highest BCUT2D eigenvalue weighted by molar-refractivity contribution is 6.30. The number of hydrogen-bond acceptors (Lipinski definition) is 10. The Bertz CT molecular complexity index is 1890. The smallest absolute Gasteiger partial charge is 0.309 e. The normalized spacial score (nSPS) is 36.6. The quantitative estimate of drug-likeness (QED) is 0.247. The summed E-state index contributed by atoms with van der Waals surface area (Å²) >= 11 is 5.99. The van der Waals surface area contributed by atoms with E-state index in [2.05, 4.69) is 68.6 Å². The number of ketones is 1. The molecule has 4 saturated carbocycles. The summed E-state index contributed by atoms with van der Waals surface area (Å²) in [6, 6.07) is 0. The number of carboxylic acid groups (broad SMARTS) is 1. The van der Waals surface area contributed by atoms with Crippen molar-refractivity contribution in [1.82, 2.24) is 20.2 Å². The van der Waals surface area contributed by atoms with Crippen molar-refractivity contribution < 1.29 is 33.8 Å². The Kier molecular flexibility index (Phi) is 9.36. The lowest BCUT2D eigenvalue weighted by molar-refractivity contribution is -0.235. The van der Waals surface area contributed by atoms with Gasteiger partial charge in [0.2, 0.25) is 11.7 Å². The summed E-state index contributed by atoms with van der Waals surface area (Å²) in [6.45, 7) is 19.2. The molecule has 2 aromatic heterocycles. The molecule has 0 aliphatic heterocycles. The molecule has 5 aliphatic rings. The van der Waals surface area contributed by atoms with Gasteiger partial charge >= 0.3 is 11.9 Å². The van der Waals surface area contributed by atoms with Gasteiger partial charge in [-0.2, -0.15) is 0 Å². The van der Waals surface area contributed by atoms with Gasteiger partial charge in [-0.05, 0) is 116 Å². The van der Waals surface area contributed by atoms with Crippen LogP contribution in [-0.4, -0.2) is 54.2 Å². The number of aromatic nitrogens is 4. The first-order valence-electron chi connectivity index (χ1n) is 19.8. The van der Waals surface area contributed by atoms with Gasteiger partial charge in [0.05, 0.1) is 16.9 Å². The van der Waals surface area contributed by atoms with Crippen LogP contribution in [0.15, 0.2) is 28.0 Å². The number of aliphatic hydroxyl groups excluding tert-OH is 1. The number of hydrogen-bond donors (Lipinski definition) is 2. The van der Waals surface area contributed by atoms with Gasteiger partial charge in [-0.25, -0.2) is 9.97 Å². The second-order valence-electron chi connectivity index (χ2n) is 19.6. The van der Waals surface area contributed by atoms with Crippen molar-refractivity contribution in [3.63, 3.8) is 0 Å². The third-order valence-electron chi connectivity index (χ3n) is 15.9. The lowest BCUT2D eigenvalue weighted by atomic mass is 9.33. The largest absolute Gasteiger partial charge is 0.481 e. The molecule has 0 bridgehead atoms. The molecule has 7 rings (SSSR count). The second kappa shape index (κ2) is 12.9. The van der Waals surface area contributed by atoms with E-state index < -0.39 is 28.9 Å². The number of esters is 1. The van der Waals surface area contributed by atoms with E-state index in [1.165, 1.54) is 12.4 Å². The molecule has 2 aromatic rings. The molecule has 9 atom stereocenters. The molecule has 2 heterocycles. The van der Waals surface area contributed by atoms with Gasteiger partial charge in [0.25, 0.3) is 5.89 Å². The van der Waals surface area contributed by atoms with E-state index in [-0.39, 0.29) is 75.8 Å². The molecule has 0 saturated heterocycles. The highest BCUT2D eigenvalue weighted by Gasteiger charge is 2.71. The zero-order valence-electron chi connectivity index (χ0n) is 33.3. The van der Waals surface area contributed by atoms with E-state index in [0.717, 1.165) is 56.1 Å². The van der Waals surface area contributed by atoms with Crippen LogP contribution in [0, 0.1) is 56.2 Å². The zero-order chi connectivity index (χ0) is 39.4. The van der Waals surface area contributed by atoms with Crippen LogP contribution in [0.3, 0.4) is 0 Å². The zero-order valence-corrected chi connectivity index (χ0v) is 34.0. The first-order chi connectivity index (χ1) is 25.1. The number of aliphatic carboxylic acids is 1. The van der Waals surface area contributed by atoms with E-state index in [1.54, 1.807) is 13.8 Å². The Morgan fingerprint density at radius 2 is 1.65 bits per heavy atom. The van der Waals surface area contributed by atoms with Crippen LogP contribution in [0.1, 0.15) is 139 Å². The number of ether oxygens (including phenoxy) is 1. The number of Topliss-reactive ketones (excluding diaryl/α,β-unsaturated/α-hetero) is 1. The van der Waals surface area contributed by atoms with E-state index >= 15 is 0 Å². The number of carboxylic acids is 1. The van der Waals surface area contributed by atoms with E-state index in [9.17, 15) is 24.6 Å². The fourth-order valence-corrected chi connectivity index (χ4v) is 13.0. The number of carbonyl (C=O) groups is 3. The van der Waals surface area contributed by atoms with Gasteiger partial charge in [-0.15, -0.1) is 10.2 Å². The average Bonchev–Trinajstić information content (AvgIpc) is 3.69. The Morgan fingerprint density at radius 3 is 2.30 bits per heavy atom. The third kappa shape index (κ3) is 5.63. The Hall–Kier alpha value is -3.18. The number of allylic oxidation sites excluding steroid dienone is 1. The maximum absolute atomic E-state index is 14.1. The van der Waals surface area contributed by atoms with E-state index in [0.29, 0.717) is 23.3 Å².